The van der Waals surface area contributed by atoms with E-state index < -0.39 is 0 Å². The average Bonchev–Trinajstić information content (AvgIpc) is 2.29. The Morgan fingerprint density at radius 1 is 1.38 bits per heavy atom. The van der Waals surface area contributed by atoms with Crippen molar-refractivity contribution in [2.45, 2.75) is 0 Å². The molecule has 0 spiro atoms. The first-order valence-electron chi connectivity index (χ1n) is 4.56. The van der Waals surface area contributed by atoms with Gasteiger partial charge in [-0.3, -0.25) is 9.63 Å². The lowest BCUT2D eigenvalue weighted by Crippen LogP contribution is -2.22. The zero-order chi connectivity index (χ0) is 12.1. The van der Waals surface area contributed by atoms with Crippen LogP contribution in [0, 0.1) is 0 Å². The highest BCUT2D eigenvalue weighted by Gasteiger charge is 2.03. The van der Waals surface area contributed by atoms with Gasteiger partial charge in [-0.25, -0.2) is 5.06 Å². The highest BCUT2D eigenvalue weighted by atomic mass is 16.7. The van der Waals surface area contributed by atoms with Gasteiger partial charge in [0.05, 0.1) is 7.11 Å². The van der Waals surface area contributed by atoms with Gasteiger partial charge >= 0.3 is 0 Å². The first-order valence-corrected chi connectivity index (χ1v) is 4.56. The molecule has 0 heterocycles. The van der Waals surface area contributed by atoms with Crippen LogP contribution in [0.25, 0.3) is 6.08 Å². The Labute approximate surface area is 93.1 Å². The Morgan fingerprint density at radius 3 is 2.62 bits per heavy atom. The number of rotatable bonds is 3. The predicted molar refractivity (Wildman–Crippen MR) is 58.6 cm³/mol. The van der Waals surface area contributed by atoms with Crippen molar-refractivity contribution in [1.29, 1.82) is 0 Å². The fourth-order valence-corrected chi connectivity index (χ4v) is 1.01. The number of hydrogen-bond acceptors (Lipinski definition) is 4. The van der Waals surface area contributed by atoms with Gasteiger partial charge in [-0.15, -0.1) is 0 Å². The van der Waals surface area contributed by atoms with E-state index in [4.69, 9.17) is 5.11 Å². The second-order valence-electron chi connectivity index (χ2n) is 3.10. The molecule has 0 aliphatic carbocycles. The number of nitrogens with zero attached hydrogens (tertiary/aromatic N) is 1. The SMILES string of the molecule is CON(C)C(=O)/C=C/c1ccc(O)c(O)c1. The van der Waals surface area contributed by atoms with Crippen LogP contribution in [-0.4, -0.2) is 35.3 Å². The van der Waals surface area contributed by atoms with Crippen LogP contribution in [-0.2, 0) is 9.63 Å². The normalized spacial score (nSPS) is 10.6. The summed E-state index contributed by atoms with van der Waals surface area (Å²) in [5, 5.41) is 19.4. The van der Waals surface area contributed by atoms with Crippen LogP contribution < -0.4 is 0 Å². The van der Waals surface area contributed by atoms with E-state index in [0.717, 1.165) is 5.06 Å². The summed E-state index contributed by atoms with van der Waals surface area (Å²) in [6.07, 6.45) is 2.81. The van der Waals surface area contributed by atoms with Crippen LogP contribution in [0.1, 0.15) is 5.56 Å². The van der Waals surface area contributed by atoms with Gasteiger partial charge in [-0.05, 0) is 23.8 Å². The number of likely N-dealkylation sites (N-methyl/N-ethyl adjacent to an activating group) is 1. The van der Waals surface area contributed by atoms with E-state index in [1.165, 1.54) is 38.4 Å². The molecule has 16 heavy (non-hydrogen) atoms. The summed E-state index contributed by atoms with van der Waals surface area (Å²) in [7, 11) is 2.87. The third-order valence-corrected chi connectivity index (χ3v) is 2.00. The highest BCUT2D eigenvalue weighted by molar-refractivity contribution is 5.90. The molecule has 0 bridgehead atoms. The van der Waals surface area contributed by atoms with Crippen molar-refractivity contribution in [3.63, 3.8) is 0 Å². The lowest BCUT2D eigenvalue weighted by Gasteiger charge is -2.09. The van der Waals surface area contributed by atoms with E-state index in [0.29, 0.717) is 5.56 Å². The van der Waals surface area contributed by atoms with Crippen LogP contribution in [0.2, 0.25) is 0 Å². The molecule has 2 N–H and O–H groups in total. The summed E-state index contributed by atoms with van der Waals surface area (Å²) in [6, 6.07) is 4.27. The van der Waals surface area contributed by atoms with E-state index in [2.05, 4.69) is 4.84 Å². The lowest BCUT2D eigenvalue weighted by molar-refractivity contribution is -0.162. The standard InChI is InChI=1S/C11H13NO4/c1-12(16-2)11(15)6-4-8-3-5-9(13)10(14)7-8/h3-7,13-14H,1-2H3/b6-4+. The molecule has 0 saturated heterocycles. The number of phenolic OH excluding ortho intramolecular Hbond substituents is 2. The third-order valence-electron chi connectivity index (χ3n) is 2.00. The Morgan fingerprint density at radius 2 is 2.06 bits per heavy atom. The number of hydrogen-bond donors (Lipinski definition) is 2. The summed E-state index contributed by atoms with van der Waals surface area (Å²) >= 11 is 0. The number of carbonyl (C=O) groups excluding carboxylic acids is 1. The molecular weight excluding hydrogens is 210 g/mol. The lowest BCUT2D eigenvalue weighted by atomic mass is 10.2. The van der Waals surface area contributed by atoms with Crippen molar-refractivity contribution in [1.82, 2.24) is 5.06 Å². The quantitative estimate of drug-likeness (QED) is 0.458. The number of carbonyl (C=O) groups is 1. The van der Waals surface area contributed by atoms with Crippen molar-refractivity contribution in [2.75, 3.05) is 14.2 Å². The Kier molecular flexibility index (Phi) is 3.90. The number of amides is 1. The van der Waals surface area contributed by atoms with Crippen molar-refractivity contribution in [3.8, 4) is 11.5 Å². The van der Waals surface area contributed by atoms with Gasteiger partial charge < -0.3 is 10.2 Å². The largest absolute Gasteiger partial charge is 0.504 e. The number of phenols is 2. The number of hydroxylamine groups is 2. The molecule has 0 fully saturated rings. The molecule has 1 rings (SSSR count). The fraction of sp³-hybridized carbons (Fsp3) is 0.182. The predicted octanol–water partition coefficient (Wildman–Crippen LogP) is 1.13. The molecule has 0 aliphatic rings. The van der Waals surface area contributed by atoms with Crippen LogP contribution >= 0.6 is 0 Å². The number of benzene rings is 1. The summed E-state index contributed by atoms with van der Waals surface area (Å²) < 4.78 is 0. The summed E-state index contributed by atoms with van der Waals surface area (Å²) in [5.41, 5.74) is 0.605. The molecule has 0 saturated carbocycles. The Balaban J connectivity index is 2.77. The highest BCUT2D eigenvalue weighted by Crippen LogP contribution is 2.25. The zero-order valence-electron chi connectivity index (χ0n) is 9.04. The molecule has 0 radical (unpaired) electrons. The van der Waals surface area contributed by atoms with Gasteiger partial charge in [0.2, 0.25) is 0 Å². The molecular formula is C11H13NO4. The van der Waals surface area contributed by atoms with Gasteiger partial charge in [0, 0.05) is 13.1 Å². The van der Waals surface area contributed by atoms with E-state index in [1.807, 2.05) is 0 Å². The van der Waals surface area contributed by atoms with Crippen LogP contribution in [0.4, 0.5) is 0 Å². The first-order chi connectivity index (χ1) is 7.54. The van der Waals surface area contributed by atoms with Crippen molar-refractivity contribution >= 4 is 12.0 Å². The van der Waals surface area contributed by atoms with Gasteiger partial charge in [0.15, 0.2) is 11.5 Å². The maximum Gasteiger partial charge on any atom is 0.269 e. The minimum absolute atomic E-state index is 0.197. The molecule has 5 nitrogen and oxygen atoms in total. The zero-order valence-corrected chi connectivity index (χ0v) is 9.04. The molecule has 0 aliphatic heterocycles. The van der Waals surface area contributed by atoms with Crippen LogP contribution in [0.3, 0.4) is 0 Å². The van der Waals surface area contributed by atoms with Crippen LogP contribution in [0.5, 0.6) is 11.5 Å². The molecule has 86 valence electrons. The van der Waals surface area contributed by atoms with Gasteiger partial charge in [-0.1, -0.05) is 6.07 Å². The maximum absolute atomic E-state index is 11.3. The summed E-state index contributed by atoms with van der Waals surface area (Å²) in [4.78, 5) is 16.0. The number of aromatic hydroxyl groups is 2. The average molecular weight is 223 g/mol. The second kappa shape index (κ2) is 5.18. The third kappa shape index (κ3) is 2.99. The monoisotopic (exact) mass is 223 g/mol. The molecule has 1 aromatic rings. The summed E-state index contributed by atoms with van der Waals surface area (Å²) in [6.45, 7) is 0. The van der Waals surface area contributed by atoms with Crippen molar-refractivity contribution in [2.24, 2.45) is 0 Å². The van der Waals surface area contributed by atoms with Crippen molar-refractivity contribution < 1.29 is 19.8 Å². The first kappa shape index (κ1) is 12.1. The topological polar surface area (TPSA) is 70.0 Å². The minimum atomic E-state index is -0.324. The van der Waals surface area contributed by atoms with E-state index in [1.54, 1.807) is 6.07 Å². The minimum Gasteiger partial charge on any atom is -0.504 e. The molecule has 5 heteroatoms. The Bertz CT molecular complexity index is 414. The Hall–Kier alpha value is -2.01. The van der Waals surface area contributed by atoms with E-state index in [9.17, 15) is 9.90 Å². The van der Waals surface area contributed by atoms with E-state index >= 15 is 0 Å². The maximum atomic E-state index is 11.3. The molecule has 0 aromatic heterocycles. The smallest absolute Gasteiger partial charge is 0.269 e. The fourth-order valence-electron chi connectivity index (χ4n) is 1.01. The van der Waals surface area contributed by atoms with Crippen molar-refractivity contribution in [3.05, 3.63) is 29.8 Å². The molecule has 1 aromatic carbocycles. The van der Waals surface area contributed by atoms with Gasteiger partial charge in [-0.2, -0.15) is 0 Å². The van der Waals surface area contributed by atoms with Crippen LogP contribution in [0.15, 0.2) is 24.3 Å². The van der Waals surface area contributed by atoms with E-state index in [-0.39, 0.29) is 17.4 Å². The molecule has 0 atom stereocenters. The van der Waals surface area contributed by atoms with Gasteiger partial charge in [0.1, 0.15) is 0 Å². The molecule has 1 amide bonds. The summed E-state index contributed by atoms with van der Waals surface area (Å²) in [5.74, 6) is -0.748. The van der Waals surface area contributed by atoms with Gasteiger partial charge in [0.25, 0.3) is 5.91 Å². The molecule has 0 unspecified atom stereocenters. The second-order valence-corrected chi connectivity index (χ2v) is 3.10.